The number of anilines is 2. The van der Waals surface area contributed by atoms with E-state index in [1.807, 2.05) is 38.1 Å². The topological polar surface area (TPSA) is 66.9 Å². The van der Waals surface area contributed by atoms with Crippen LogP contribution in [0.4, 0.5) is 11.6 Å². The van der Waals surface area contributed by atoms with E-state index in [1.165, 1.54) is 18.4 Å². The van der Waals surface area contributed by atoms with Gasteiger partial charge in [-0.2, -0.15) is 0 Å². The number of rotatable bonds is 7. The Kier molecular flexibility index (Phi) is 6.09. The fourth-order valence-electron chi connectivity index (χ4n) is 2.16. The summed E-state index contributed by atoms with van der Waals surface area (Å²) < 4.78 is 0. The van der Waals surface area contributed by atoms with Gasteiger partial charge >= 0.3 is 0 Å². The van der Waals surface area contributed by atoms with Crippen molar-refractivity contribution in [3.63, 3.8) is 0 Å². The Labute approximate surface area is 137 Å². The van der Waals surface area contributed by atoms with E-state index in [1.54, 1.807) is 6.07 Å². The Morgan fingerprint density at radius 2 is 1.74 bits per heavy atom. The maximum absolute atomic E-state index is 12.2. The van der Waals surface area contributed by atoms with Gasteiger partial charge in [0.15, 0.2) is 5.82 Å². The summed E-state index contributed by atoms with van der Waals surface area (Å²) in [6, 6.07) is 9.22. The highest BCUT2D eigenvalue weighted by molar-refractivity contribution is 6.03. The number of benzene rings is 1. The van der Waals surface area contributed by atoms with E-state index in [-0.39, 0.29) is 5.91 Å². The summed E-state index contributed by atoms with van der Waals surface area (Å²) in [6.45, 7) is 7.07. The van der Waals surface area contributed by atoms with Gasteiger partial charge in [-0.3, -0.25) is 4.79 Å². The quantitative estimate of drug-likeness (QED) is 0.760. The molecule has 122 valence electrons. The molecular formula is C18H24N4O. The van der Waals surface area contributed by atoms with Gasteiger partial charge in [-0.05, 0) is 55.7 Å². The second-order valence-corrected chi connectivity index (χ2v) is 5.69. The third-order valence-corrected chi connectivity index (χ3v) is 3.76. The molecule has 1 heterocycles. The molecule has 0 spiro atoms. The van der Waals surface area contributed by atoms with Crippen LogP contribution in [-0.4, -0.2) is 22.6 Å². The van der Waals surface area contributed by atoms with Crippen LogP contribution in [0.5, 0.6) is 0 Å². The minimum Gasteiger partial charge on any atom is -0.369 e. The van der Waals surface area contributed by atoms with Gasteiger partial charge in [-0.15, -0.1) is 10.2 Å². The molecule has 1 aromatic carbocycles. The molecule has 0 saturated carbocycles. The molecule has 0 fully saturated rings. The number of nitrogens with one attached hydrogen (secondary N) is 2. The van der Waals surface area contributed by atoms with E-state index in [0.717, 1.165) is 24.3 Å². The van der Waals surface area contributed by atoms with Crippen molar-refractivity contribution in [3.8, 4) is 0 Å². The van der Waals surface area contributed by atoms with Crippen molar-refractivity contribution >= 4 is 17.5 Å². The molecule has 0 aliphatic heterocycles. The molecule has 5 nitrogen and oxygen atoms in total. The number of hydrogen-bond donors (Lipinski definition) is 2. The summed E-state index contributed by atoms with van der Waals surface area (Å²) in [5.74, 6) is 1.00. The number of amides is 1. The highest BCUT2D eigenvalue weighted by Gasteiger charge is 2.08. The van der Waals surface area contributed by atoms with E-state index in [0.29, 0.717) is 11.4 Å². The average molecular weight is 312 g/mol. The van der Waals surface area contributed by atoms with Crippen LogP contribution in [0.25, 0.3) is 0 Å². The zero-order valence-electron chi connectivity index (χ0n) is 14.0. The zero-order chi connectivity index (χ0) is 16.7. The molecule has 0 bridgehead atoms. The Balaban J connectivity index is 1.92. The van der Waals surface area contributed by atoms with Crippen molar-refractivity contribution in [3.05, 3.63) is 47.0 Å². The Morgan fingerprint density at radius 1 is 1.00 bits per heavy atom. The van der Waals surface area contributed by atoms with Crippen LogP contribution in [0, 0.1) is 13.8 Å². The van der Waals surface area contributed by atoms with Crippen LogP contribution in [-0.2, 0) is 0 Å². The van der Waals surface area contributed by atoms with Crippen molar-refractivity contribution in [1.29, 1.82) is 0 Å². The van der Waals surface area contributed by atoms with Gasteiger partial charge in [0.05, 0.1) is 0 Å². The first-order valence-corrected chi connectivity index (χ1v) is 8.06. The molecule has 0 saturated heterocycles. The maximum Gasteiger partial charge on any atom is 0.256 e. The third-order valence-electron chi connectivity index (χ3n) is 3.76. The smallest absolute Gasteiger partial charge is 0.256 e. The lowest BCUT2D eigenvalue weighted by Crippen LogP contribution is -2.14. The molecule has 0 aliphatic carbocycles. The van der Waals surface area contributed by atoms with Gasteiger partial charge in [0.2, 0.25) is 0 Å². The van der Waals surface area contributed by atoms with Crippen LogP contribution >= 0.6 is 0 Å². The number of unbranched alkanes of at least 4 members (excludes halogenated alkanes) is 2. The van der Waals surface area contributed by atoms with E-state index in [4.69, 9.17) is 0 Å². The molecule has 1 amide bonds. The maximum atomic E-state index is 12.2. The molecule has 5 heteroatoms. The van der Waals surface area contributed by atoms with Crippen LogP contribution in [0.2, 0.25) is 0 Å². The van der Waals surface area contributed by atoms with Crippen molar-refractivity contribution in [1.82, 2.24) is 10.2 Å². The normalized spacial score (nSPS) is 10.4. The molecular weight excluding hydrogens is 288 g/mol. The van der Waals surface area contributed by atoms with Gasteiger partial charge in [0, 0.05) is 12.1 Å². The van der Waals surface area contributed by atoms with Gasteiger partial charge in [-0.25, -0.2) is 0 Å². The Hall–Kier alpha value is -2.43. The van der Waals surface area contributed by atoms with Gasteiger partial charge < -0.3 is 10.6 Å². The lowest BCUT2D eigenvalue weighted by atomic mass is 10.1. The van der Waals surface area contributed by atoms with Gasteiger partial charge in [0.25, 0.3) is 5.91 Å². The number of carbonyl (C=O) groups is 1. The molecule has 0 aliphatic rings. The molecule has 2 rings (SSSR count). The average Bonchev–Trinajstić information content (AvgIpc) is 2.55. The lowest BCUT2D eigenvalue weighted by Gasteiger charge is -2.07. The van der Waals surface area contributed by atoms with Crippen LogP contribution < -0.4 is 10.6 Å². The molecule has 0 unspecified atom stereocenters. The number of nitrogens with zero attached hydrogens (tertiary/aromatic N) is 2. The Bertz CT molecular complexity index is 653. The van der Waals surface area contributed by atoms with Crippen LogP contribution in [0.15, 0.2) is 30.3 Å². The first-order valence-electron chi connectivity index (χ1n) is 8.06. The Morgan fingerprint density at radius 3 is 2.39 bits per heavy atom. The number of hydrogen-bond acceptors (Lipinski definition) is 4. The highest BCUT2D eigenvalue weighted by Crippen LogP contribution is 2.12. The standard InChI is InChI=1S/C18H24N4O/c1-4-5-6-11-19-16-9-10-17(22-21-16)20-18(23)15-8-7-13(2)14(3)12-15/h7-10,12H,4-6,11H2,1-3H3,(H,19,21)(H,20,22,23). The van der Waals surface area contributed by atoms with Gasteiger partial charge in [-0.1, -0.05) is 25.8 Å². The third kappa shape index (κ3) is 5.06. The number of aromatic nitrogens is 2. The lowest BCUT2D eigenvalue weighted by molar-refractivity contribution is 0.102. The molecule has 2 aromatic rings. The van der Waals surface area contributed by atoms with Crippen LogP contribution in [0.1, 0.15) is 47.7 Å². The second kappa shape index (κ2) is 8.27. The van der Waals surface area contributed by atoms with E-state index in [9.17, 15) is 4.79 Å². The summed E-state index contributed by atoms with van der Waals surface area (Å²) in [6.07, 6.45) is 3.50. The van der Waals surface area contributed by atoms with E-state index < -0.39 is 0 Å². The zero-order valence-corrected chi connectivity index (χ0v) is 14.0. The molecule has 0 radical (unpaired) electrons. The summed E-state index contributed by atoms with van der Waals surface area (Å²) in [5.41, 5.74) is 2.88. The van der Waals surface area contributed by atoms with E-state index >= 15 is 0 Å². The first kappa shape index (κ1) is 16.9. The molecule has 23 heavy (non-hydrogen) atoms. The number of carbonyl (C=O) groups excluding carboxylic acids is 1. The second-order valence-electron chi connectivity index (χ2n) is 5.69. The van der Waals surface area contributed by atoms with Crippen molar-refractivity contribution in [2.75, 3.05) is 17.2 Å². The molecule has 2 N–H and O–H groups in total. The fraction of sp³-hybridized carbons (Fsp3) is 0.389. The minimum absolute atomic E-state index is 0.175. The molecule has 0 atom stereocenters. The minimum atomic E-state index is -0.175. The first-order chi connectivity index (χ1) is 11.1. The summed E-state index contributed by atoms with van der Waals surface area (Å²) in [7, 11) is 0. The monoisotopic (exact) mass is 312 g/mol. The molecule has 1 aromatic heterocycles. The summed E-state index contributed by atoms with van der Waals surface area (Å²) in [5, 5.41) is 14.1. The van der Waals surface area contributed by atoms with Crippen LogP contribution in [0.3, 0.4) is 0 Å². The van der Waals surface area contributed by atoms with Crippen molar-refractivity contribution in [2.45, 2.75) is 40.0 Å². The summed E-state index contributed by atoms with van der Waals surface area (Å²) >= 11 is 0. The highest BCUT2D eigenvalue weighted by atomic mass is 16.1. The SMILES string of the molecule is CCCCCNc1ccc(NC(=O)c2ccc(C)c(C)c2)nn1. The van der Waals surface area contributed by atoms with Crippen molar-refractivity contribution in [2.24, 2.45) is 0 Å². The largest absolute Gasteiger partial charge is 0.369 e. The predicted molar refractivity (Wildman–Crippen MR) is 93.9 cm³/mol. The van der Waals surface area contributed by atoms with Gasteiger partial charge in [0.1, 0.15) is 5.82 Å². The number of aryl methyl sites for hydroxylation is 2. The summed E-state index contributed by atoms with van der Waals surface area (Å²) in [4.78, 5) is 12.2. The van der Waals surface area contributed by atoms with E-state index in [2.05, 4.69) is 27.8 Å². The van der Waals surface area contributed by atoms with Crippen molar-refractivity contribution < 1.29 is 4.79 Å². The predicted octanol–water partition coefficient (Wildman–Crippen LogP) is 3.95. The fourth-order valence-corrected chi connectivity index (χ4v) is 2.16.